The van der Waals surface area contributed by atoms with Crippen molar-refractivity contribution in [1.82, 2.24) is 14.7 Å². The molecule has 6 rings (SSSR count). The largest absolute Gasteiger partial charge is 0.497 e. The van der Waals surface area contributed by atoms with Crippen LogP contribution >= 0.6 is 11.6 Å². The summed E-state index contributed by atoms with van der Waals surface area (Å²) in [4.78, 5) is 34.7. The Labute approximate surface area is 292 Å². The third kappa shape index (κ3) is 5.91. The number of likely N-dealkylation sites (N-methyl/N-ethyl adjacent to an activating group) is 1. The van der Waals surface area contributed by atoms with Gasteiger partial charge in [-0.25, -0.2) is 12.7 Å². The second-order valence-corrected chi connectivity index (χ2v) is 14.7. The van der Waals surface area contributed by atoms with E-state index in [0.29, 0.717) is 66.8 Å². The van der Waals surface area contributed by atoms with E-state index in [9.17, 15) is 13.2 Å². The highest BCUT2D eigenvalue weighted by Crippen LogP contribution is 2.55. The number of anilines is 1. The summed E-state index contributed by atoms with van der Waals surface area (Å²) < 4.78 is 52.7. The Hall–Kier alpha value is -3.88. The molecule has 3 aliphatic rings. The van der Waals surface area contributed by atoms with Gasteiger partial charge in [0.2, 0.25) is 5.91 Å². The first kappa shape index (κ1) is 35.0. The molecule has 2 fully saturated rings. The van der Waals surface area contributed by atoms with Crippen LogP contribution in [0, 0.1) is 0 Å². The summed E-state index contributed by atoms with van der Waals surface area (Å²) in [6.07, 6.45) is 1.07. The third-order valence-electron chi connectivity index (χ3n) is 9.53. The fourth-order valence-corrected chi connectivity index (χ4v) is 9.01. The lowest BCUT2D eigenvalue weighted by atomic mass is 9.80. The fourth-order valence-electron chi connectivity index (χ4n) is 7.24. The number of benzene rings is 3. The van der Waals surface area contributed by atoms with Crippen LogP contribution in [0.25, 0.3) is 0 Å². The van der Waals surface area contributed by atoms with Crippen molar-refractivity contribution in [2.45, 2.75) is 35.9 Å². The van der Waals surface area contributed by atoms with E-state index >= 15 is 4.79 Å². The number of likely N-dealkylation sites (tertiary alicyclic amines) is 1. The van der Waals surface area contributed by atoms with E-state index in [0.717, 1.165) is 23.0 Å². The number of hydrogen-bond acceptors (Lipinski definition) is 10. The Bertz CT molecular complexity index is 1870. The Kier molecular flexibility index (Phi) is 9.84. The molecule has 49 heavy (non-hydrogen) atoms. The van der Waals surface area contributed by atoms with Gasteiger partial charge in [0.15, 0.2) is 5.54 Å². The van der Waals surface area contributed by atoms with Gasteiger partial charge in [0.1, 0.15) is 22.1 Å². The number of carbonyl (C=O) groups excluding carboxylic acids is 2. The Balaban J connectivity index is 1.60. The van der Waals surface area contributed by atoms with Gasteiger partial charge in [0.25, 0.3) is 15.9 Å². The molecule has 3 aromatic rings. The highest BCUT2D eigenvalue weighted by Gasteiger charge is 2.63. The third-order valence-corrected chi connectivity index (χ3v) is 11.5. The van der Waals surface area contributed by atoms with Crippen molar-refractivity contribution in [3.05, 3.63) is 76.3 Å². The highest BCUT2D eigenvalue weighted by atomic mass is 35.5. The first-order valence-corrected chi connectivity index (χ1v) is 17.9. The molecule has 0 aromatic heterocycles. The zero-order valence-electron chi connectivity index (χ0n) is 28.3. The molecular weight excluding hydrogens is 672 g/mol. The molecule has 12 nitrogen and oxygen atoms in total. The molecular formula is C35H41ClN4O8S. The van der Waals surface area contributed by atoms with Gasteiger partial charge in [-0.2, -0.15) is 0 Å². The summed E-state index contributed by atoms with van der Waals surface area (Å²) in [5.74, 6) is -0.204. The summed E-state index contributed by atoms with van der Waals surface area (Å²) in [6.45, 7) is 3.81. The number of morpholine rings is 1. The summed E-state index contributed by atoms with van der Waals surface area (Å²) in [7, 11) is 3.05. The van der Waals surface area contributed by atoms with Gasteiger partial charge in [0, 0.05) is 62.5 Å². The number of fused-ring (bicyclic) bond motifs is 1. The van der Waals surface area contributed by atoms with Gasteiger partial charge in [-0.15, -0.1) is 0 Å². The molecule has 14 heteroatoms. The number of hydrogen-bond donors (Lipinski definition) is 0. The SMILES string of the molecule is COc1ccc(S(=O)(=O)N2C(=O)C(c3ccc(CN4CCOCC4)cc3OC)(N3CCC[C@H]3C(=O)N(C)C)c3cc(Cl)ccc32)c(OC)c1. The summed E-state index contributed by atoms with van der Waals surface area (Å²) in [5.41, 5.74) is 0.00702. The van der Waals surface area contributed by atoms with E-state index in [-0.39, 0.29) is 22.2 Å². The van der Waals surface area contributed by atoms with Crippen LogP contribution in [0.2, 0.25) is 5.02 Å². The summed E-state index contributed by atoms with van der Waals surface area (Å²) in [5, 5.41) is 0.301. The number of methoxy groups -OCH3 is 3. The monoisotopic (exact) mass is 712 g/mol. The van der Waals surface area contributed by atoms with Crippen LogP contribution in [-0.2, 0) is 36.4 Å². The van der Waals surface area contributed by atoms with E-state index in [2.05, 4.69) is 4.90 Å². The quantitative estimate of drug-likeness (QED) is 0.308. The van der Waals surface area contributed by atoms with Crippen molar-refractivity contribution in [3.63, 3.8) is 0 Å². The standard InChI is InChI=1S/C35H41ClN4O8S/c1-37(2)33(41)29-7-6-14-39(29)35(26-11-8-23(19-30(26)46-4)22-38-15-17-48-18-16-38)27-20-24(36)9-12-28(27)40(34(35)42)49(43,44)32-13-10-25(45-3)21-31(32)47-5/h8-13,19-21,29H,6-7,14-18,22H2,1-5H3/t29-,35?/m0/s1. The topological polar surface area (TPSA) is 118 Å². The number of nitrogens with zero attached hydrogens (tertiary/aromatic N) is 4. The van der Waals surface area contributed by atoms with Gasteiger partial charge < -0.3 is 23.8 Å². The average Bonchev–Trinajstić information content (AvgIpc) is 3.69. The number of carbonyl (C=O) groups is 2. The number of rotatable bonds is 10. The van der Waals surface area contributed by atoms with Gasteiger partial charge in [-0.1, -0.05) is 23.7 Å². The van der Waals surface area contributed by atoms with Crippen LogP contribution in [0.1, 0.15) is 29.5 Å². The van der Waals surface area contributed by atoms with Gasteiger partial charge in [-0.3, -0.25) is 19.4 Å². The van der Waals surface area contributed by atoms with Crippen LogP contribution in [0.5, 0.6) is 17.2 Å². The predicted octanol–water partition coefficient (Wildman–Crippen LogP) is 3.73. The predicted molar refractivity (Wildman–Crippen MR) is 184 cm³/mol. The number of ether oxygens (including phenoxy) is 4. The lowest BCUT2D eigenvalue weighted by Gasteiger charge is -2.42. The van der Waals surface area contributed by atoms with Crippen molar-refractivity contribution < 1.29 is 37.0 Å². The molecule has 0 spiro atoms. The van der Waals surface area contributed by atoms with E-state index in [1.165, 1.54) is 50.5 Å². The maximum atomic E-state index is 15.5. The van der Waals surface area contributed by atoms with E-state index < -0.39 is 27.5 Å². The van der Waals surface area contributed by atoms with Crippen LogP contribution < -0.4 is 18.5 Å². The molecule has 262 valence electrons. The van der Waals surface area contributed by atoms with Crippen molar-refractivity contribution in [2.75, 3.05) is 72.6 Å². The molecule has 0 N–H and O–H groups in total. The zero-order valence-corrected chi connectivity index (χ0v) is 29.8. The summed E-state index contributed by atoms with van der Waals surface area (Å²) >= 11 is 6.66. The molecule has 0 aliphatic carbocycles. The lowest BCUT2D eigenvalue weighted by molar-refractivity contribution is -0.138. The fraction of sp³-hybridized carbons (Fsp3) is 0.429. The van der Waals surface area contributed by atoms with Crippen molar-refractivity contribution >= 4 is 39.1 Å². The summed E-state index contributed by atoms with van der Waals surface area (Å²) in [6, 6.07) is 13.9. The average molecular weight is 713 g/mol. The van der Waals surface area contributed by atoms with Crippen LogP contribution in [0.4, 0.5) is 5.69 Å². The highest BCUT2D eigenvalue weighted by molar-refractivity contribution is 7.93. The molecule has 2 atom stereocenters. The van der Waals surface area contributed by atoms with Gasteiger partial charge in [0.05, 0.1) is 46.3 Å². The minimum absolute atomic E-state index is 0.00652. The van der Waals surface area contributed by atoms with E-state index in [4.69, 9.17) is 30.5 Å². The minimum Gasteiger partial charge on any atom is -0.497 e. The lowest BCUT2D eigenvalue weighted by Crippen LogP contribution is -2.59. The molecule has 3 aromatic carbocycles. The molecule has 1 unspecified atom stereocenters. The maximum Gasteiger partial charge on any atom is 0.274 e. The molecule has 0 saturated carbocycles. The van der Waals surface area contributed by atoms with Gasteiger partial charge in [-0.05, 0) is 54.8 Å². The first-order valence-electron chi connectivity index (χ1n) is 16.1. The zero-order chi connectivity index (χ0) is 35.1. The Morgan fingerprint density at radius 2 is 1.67 bits per heavy atom. The number of sulfonamides is 1. The Morgan fingerprint density at radius 3 is 2.35 bits per heavy atom. The smallest absolute Gasteiger partial charge is 0.274 e. The first-order chi connectivity index (χ1) is 23.5. The molecule has 2 saturated heterocycles. The van der Waals surface area contributed by atoms with Crippen LogP contribution in [0.15, 0.2) is 59.5 Å². The Morgan fingerprint density at radius 1 is 0.939 bits per heavy atom. The normalized spacial score (nSPS) is 21.5. The van der Waals surface area contributed by atoms with E-state index in [1.54, 1.807) is 26.2 Å². The van der Waals surface area contributed by atoms with Gasteiger partial charge >= 0.3 is 0 Å². The number of amides is 2. The molecule has 3 aliphatic heterocycles. The van der Waals surface area contributed by atoms with Crippen LogP contribution in [0.3, 0.4) is 0 Å². The second-order valence-electron chi connectivity index (χ2n) is 12.5. The minimum atomic E-state index is -4.61. The molecule has 0 radical (unpaired) electrons. The van der Waals surface area contributed by atoms with Crippen molar-refractivity contribution in [1.29, 1.82) is 0 Å². The molecule has 2 amide bonds. The van der Waals surface area contributed by atoms with Crippen LogP contribution in [-0.4, -0.2) is 109 Å². The molecule has 3 heterocycles. The second kappa shape index (κ2) is 13.8. The van der Waals surface area contributed by atoms with Crippen molar-refractivity contribution in [2.24, 2.45) is 0 Å². The van der Waals surface area contributed by atoms with Crippen molar-refractivity contribution in [3.8, 4) is 17.2 Å². The maximum absolute atomic E-state index is 15.5. The number of halogens is 1. The molecule has 0 bridgehead atoms. The van der Waals surface area contributed by atoms with E-state index in [1.807, 2.05) is 23.1 Å².